The van der Waals surface area contributed by atoms with Crippen LogP contribution in [0.5, 0.6) is 0 Å². The van der Waals surface area contributed by atoms with Gasteiger partial charge in [0.1, 0.15) is 0 Å². The second-order valence-electron chi connectivity index (χ2n) is 3.73. The highest BCUT2D eigenvalue weighted by atomic mass is 16.1. The molecule has 0 radical (unpaired) electrons. The zero-order valence-electron chi connectivity index (χ0n) is 8.65. The van der Waals surface area contributed by atoms with Gasteiger partial charge in [-0.15, -0.1) is 0 Å². The molecule has 1 aromatic rings. The van der Waals surface area contributed by atoms with Gasteiger partial charge in [0.25, 0.3) is 0 Å². The van der Waals surface area contributed by atoms with Crippen LogP contribution in [-0.4, -0.2) is 5.78 Å². The number of carbonyl (C=O) groups excluding carboxylic acids is 1. The molecule has 0 amide bonds. The number of benzene rings is 1. The molecule has 0 fully saturated rings. The number of hydrogen-bond donors (Lipinski definition) is 0. The molecule has 0 bridgehead atoms. The van der Waals surface area contributed by atoms with Gasteiger partial charge in [-0.1, -0.05) is 42.5 Å². The van der Waals surface area contributed by atoms with Crippen molar-refractivity contribution in [2.24, 2.45) is 0 Å². The van der Waals surface area contributed by atoms with E-state index in [1.54, 1.807) is 6.08 Å². The summed E-state index contributed by atoms with van der Waals surface area (Å²) >= 11 is 0. The first-order valence-corrected chi connectivity index (χ1v) is 5.33. The molecule has 0 aliphatic heterocycles. The van der Waals surface area contributed by atoms with E-state index >= 15 is 0 Å². The lowest BCUT2D eigenvalue weighted by Crippen LogP contribution is -1.96. The highest BCUT2D eigenvalue weighted by Gasteiger charge is 2.04. The molecule has 1 aromatic carbocycles. The van der Waals surface area contributed by atoms with Crippen molar-refractivity contribution in [1.82, 2.24) is 0 Å². The minimum absolute atomic E-state index is 0.234. The molecule has 2 rings (SSSR count). The SMILES string of the molecule is O=C1/C=C(c2ccccc2)\C=C/CCC1. The zero-order chi connectivity index (χ0) is 10.5. The second-order valence-corrected chi connectivity index (χ2v) is 3.73. The molecule has 15 heavy (non-hydrogen) atoms. The van der Waals surface area contributed by atoms with E-state index in [9.17, 15) is 4.79 Å². The summed E-state index contributed by atoms with van der Waals surface area (Å²) in [5.74, 6) is 0.234. The fourth-order valence-electron chi connectivity index (χ4n) is 1.71. The van der Waals surface area contributed by atoms with E-state index in [2.05, 4.69) is 6.08 Å². The van der Waals surface area contributed by atoms with Gasteiger partial charge in [0.05, 0.1) is 0 Å². The quantitative estimate of drug-likeness (QED) is 0.676. The molecule has 1 aliphatic carbocycles. The average molecular weight is 198 g/mol. The lowest BCUT2D eigenvalue weighted by molar-refractivity contribution is -0.114. The van der Waals surface area contributed by atoms with Crippen LogP contribution in [0.1, 0.15) is 24.8 Å². The van der Waals surface area contributed by atoms with Gasteiger partial charge < -0.3 is 0 Å². The molecule has 0 atom stereocenters. The lowest BCUT2D eigenvalue weighted by atomic mass is 9.99. The maximum absolute atomic E-state index is 11.5. The first kappa shape index (κ1) is 9.91. The van der Waals surface area contributed by atoms with Gasteiger partial charge in [0.15, 0.2) is 5.78 Å². The predicted octanol–water partition coefficient (Wildman–Crippen LogP) is 3.38. The van der Waals surface area contributed by atoms with Crippen LogP contribution in [0, 0.1) is 0 Å². The standard InChI is InChI=1S/C14H14O/c15-14-10-6-2-5-9-13(11-14)12-7-3-1-4-8-12/h1,3-5,7-9,11H,2,6,10H2/b9-5-,13-11+. The molecular weight excluding hydrogens is 184 g/mol. The van der Waals surface area contributed by atoms with E-state index in [-0.39, 0.29) is 5.78 Å². The van der Waals surface area contributed by atoms with Crippen molar-refractivity contribution in [3.63, 3.8) is 0 Å². The maximum atomic E-state index is 11.5. The number of allylic oxidation sites excluding steroid dienone is 4. The molecule has 0 heterocycles. The Balaban J connectivity index is 2.33. The van der Waals surface area contributed by atoms with Gasteiger partial charge in [-0.05, 0) is 30.1 Å². The Labute approximate surface area is 90.1 Å². The van der Waals surface area contributed by atoms with Gasteiger partial charge in [-0.2, -0.15) is 0 Å². The topological polar surface area (TPSA) is 17.1 Å². The fraction of sp³-hybridized carbons (Fsp3) is 0.214. The minimum Gasteiger partial charge on any atom is -0.295 e. The van der Waals surface area contributed by atoms with E-state index < -0.39 is 0 Å². The normalized spacial score (nSPS) is 22.4. The zero-order valence-corrected chi connectivity index (χ0v) is 8.65. The molecule has 76 valence electrons. The Morgan fingerprint density at radius 1 is 1.07 bits per heavy atom. The van der Waals surface area contributed by atoms with Crippen LogP contribution in [0.4, 0.5) is 0 Å². The Morgan fingerprint density at radius 2 is 1.87 bits per heavy atom. The summed E-state index contributed by atoms with van der Waals surface area (Å²) in [5.41, 5.74) is 2.14. The van der Waals surface area contributed by atoms with Crippen molar-refractivity contribution in [2.45, 2.75) is 19.3 Å². The first-order chi connectivity index (χ1) is 7.36. The van der Waals surface area contributed by atoms with Crippen LogP contribution in [0.2, 0.25) is 0 Å². The summed E-state index contributed by atoms with van der Waals surface area (Å²) in [7, 11) is 0. The van der Waals surface area contributed by atoms with Crippen LogP contribution < -0.4 is 0 Å². The molecule has 0 spiro atoms. The summed E-state index contributed by atoms with van der Waals surface area (Å²) in [6.07, 6.45) is 8.58. The van der Waals surface area contributed by atoms with Crippen LogP contribution in [0.3, 0.4) is 0 Å². The van der Waals surface area contributed by atoms with E-state index in [1.807, 2.05) is 36.4 Å². The summed E-state index contributed by atoms with van der Waals surface area (Å²) in [4.78, 5) is 11.5. The van der Waals surface area contributed by atoms with Gasteiger partial charge in [-0.3, -0.25) is 4.79 Å². The Bertz CT molecular complexity index is 399. The van der Waals surface area contributed by atoms with Crippen LogP contribution in [0.15, 0.2) is 48.6 Å². The average Bonchev–Trinajstić information content (AvgIpc) is 2.24. The fourth-order valence-corrected chi connectivity index (χ4v) is 1.71. The third-order valence-electron chi connectivity index (χ3n) is 2.51. The molecule has 0 aromatic heterocycles. The van der Waals surface area contributed by atoms with E-state index in [0.717, 1.165) is 24.0 Å². The summed E-state index contributed by atoms with van der Waals surface area (Å²) in [6.45, 7) is 0. The number of ketones is 1. The monoisotopic (exact) mass is 198 g/mol. The van der Waals surface area contributed by atoms with Gasteiger partial charge in [0, 0.05) is 6.42 Å². The highest BCUT2D eigenvalue weighted by Crippen LogP contribution is 2.18. The van der Waals surface area contributed by atoms with Crippen molar-refractivity contribution in [1.29, 1.82) is 0 Å². The van der Waals surface area contributed by atoms with Gasteiger partial charge >= 0.3 is 0 Å². The molecular formula is C14H14O. The largest absolute Gasteiger partial charge is 0.295 e. The minimum atomic E-state index is 0.234. The van der Waals surface area contributed by atoms with Crippen molar-refractivity contribution in [3.05, 3.63) is 54.1 Å². The third-order valence-corrected chi connectivity index (χ3v) is 2.51. The maximum Gasteiger partial charge on any atom is 0.156 e. The van der Waals surface area contributed by atoms with E-state index in [4.69, 9.17) is 0 Å². The summed E-state index contributed by atoms with van der Waals surface area (Å²) in [5, 5.41) is 0. The molecule has 0 saturated carbocycles. The molecule has 0 saturated heterocycles. The summed E-state index contributed by atoms with van der Waals surface area (Å²) < 4.78 is 0. The lowest BCUT2D eigenvalue weighted by Gasteiger charge is -2.05. The molecule has 0 N–H and O–H groups in total. The van der Waals surface area contributed by atoms with Crippen LogP contribution >= 0.6 is 0 Å². The Hall–Kier alpha value is -1.63. The number of carbonyl (C=O) groups is 1. The highest BCUT2D eigenvalue weighted by molar-refractivity contribution is 5.99. The molecule has 0 unspecified atom stereocenters. The second kappa shape index (κ2) is 4.74. The molecule has 1 nitrogen and oxygen atoms in total. The Morgan fingerprint density at radius 3 is 2.67 bits per heavy atom. The first-order valence-electron chi connectivity index (χ1n) is 5.33. The third kappa shape index (κ3) is 2.66. The van der Waals surface area contributed by atoms with Crippen LogP contribution in [0.25, 0.3) is 5.57 Å². The van der Waals surface area contributed by atoms with E-state index in [1.165, 1.54) is 0 Å². The number of hydrogen-bond acceptors (Lipinski definition) is 1. The smallest absolute Gasteiger partial charge is 0.156 e. The van der Waals surface area contributed by atoms with Crippen molar-refractivity contribution in [3.8, 4) is 0 Å². The van der Waals surface area contributed by atoms with E-state index in [0.29, 0.717) is 6.42 Å². The molecule has 1 aliphatic rings. The Kier molecular flexibility index (Phi) is 3.13. The predicted molar refractivity (Wildman–Crippen MR) is 62.4 cm³/mol. The van der Waals surface area contributed by atoms with Crippen molar-refractivity contribution >= 4 is 11.4 Å². The summed E-state index contributed by atoms with van der Waals surface area (Å²) in [6, 6.07) is 10.0. The molecule has 1 heteroatoms. The number of rotatable bonds is 1. The van der Waals surface area contributed by atoms with Crippen molar-refractivity contribution < 1.29 is 4.79 Å². The van der Waals surface area contributed by atoms with Crippen molar-refractivity contribution in [2.75, 3.05) is 0 Å². The van der Waals surface area contributed by atoms with Gasteiger partial charge in [-0.25, -0.2) is 0 Å². The van der Waals surface area contributed by atoms with Gasteiger partial charge in [0.2, 0.25) is 0 Å². The van der Waals surface area contributed by atoms with Crippen LogP contribution in [-0.2, 0) is 4.79 Å².